The normalized spacial score (nSPS) is 12.1. The van der Waals surface area contributed by atoms with E-state index in [9.17, 15) is 4.79 Å². The number of ether oxygens (including phenoxy) is 1. The summed E-state index contributed by atoms with van der Waals surface area (Å²) in [6.45, 7) is 4.30. The van der Waals surface area contributed by atoms with Gasteiger partial charge in [0, 0.05) is 16.2 Å². The Morgan fingerprint density at radius 1 is 1.50 bits per heavy atom. The molecular weight excluding hydrogens is 246 g/mol. The van der Waals surface area contributed by atoms with Gasteiger partial charge in [-0.2, -0.15) is 0 Å². The molecule has 16 heavy (non-hydrogen) atoms. The Hall–Kier alpha value is -0.580. The smallest absolute Gasteiger partial charge is 0.323 e. The largest absolute Gasteiger partial charge is 0.468 e. The molecule has 0 amide bonds. The molecule has 1 aromatic rings. The average Bonchev–Trinajstić information content (AvgIpc) is 2.65. The number of hydrogen-bond donors (Lipinski definition) is 1. The van der Waals surface area contributed by atoms with Crippen molar-refractivity contribution in [3.8, 4) is 0 Å². The summed E-state index contributed by atoms with van der Waals surface area (Å²) < 4.78 is 4.58. The zero-order valence-corrected chi connectivity index (χ0v) is 11.4. The van der Waals surface area contributed by atoms with Gasteiger partial charge in [-0.05, 0) is 18.1 Å². The first-order valence-corrected chi connectivity index (χ1v) is 5.78. The number of nitrogens with two attached hydrogens (primary N) is 1. The van der Waals surface area contributed by atoms with Crippen molar-refractivity contribution in [2.45, 2.75) is 32.2 Å². The van der Waals surface area contributed by atoms with Gasteiger partial charge in [-0.3, -0.25) is 4.79 Å². The predicted octanol–water partition coefficient (Wildman–Crippen LogP) is 2.34. The molecule has 0 aliphatic carbocycles. The van der Waals surface area contributed by atoms with Gasteiger partial charge in [0.2, 0.25) is 0 Å². The minimum atomic E-state index is -0.548. The van der Waals surface area contributed by atoms with E-state index in [4.69, 9.17) is 5.73 Å². The molecule has 0 bridgehead atoms. The average molecular weight is 264 g/mol. The summed E-state index contributed by atoms with van der Waals surface area (Å²) in [6.07, 6.45) is 0.560. The summed E-state index contributed by atoms with van der Waals surface area (Å²) in [7, 11) is 1.36. The molecule has 0 unspecified atom stereocenters. The fourth-order valence-corrected chi connectivity index (χ4v) is 2.34. The van der Waals surface area contributed by atoms with Crippen LogP contribution in [0.15, 0.2) is 12.1 Å². The molecule has 0 aromatic carbocycles. The number of thiophene rings is 1. The second-order valence-electron chi connectivity index (χ2n) is 3.79. The van der Waals surface area contributed by atoms with Crippen LogP contribution in [0.4, 0.5) is 0 Å². The van der Waals surface area contributed by atoms with Crippen LogP contribution in [0.3, 0.4) is 0 Å². The van der Waals surface area contributed by atoms with Crippen LogP contribution in [0.2, 0.25) is 0 Å². The van der Waals surface area contributed by atoms with Crippen LogP contribution >= 0.6 is 23.7 Å². The lowest BCUT2D eigenvalue weighted by molar-refractivity contribution is -0.142. The fourth-order valence-electron chi connectivity index (χ4n) is 1.27. The summed E-state index contributed by atoms with van der Waals surface area (Å²) in [5, 5.41) is 0. The highest BCUT2D eigenvalue weighted by molar-refractivity contribution is 7.12. The molecule has 1 aromatic heterocycles. The van der Waals surface area contributed by atoms with Crippen LogP contribution in [0.25, 0.3) is 0 Å². The van der Waals surface area contributed by atoms with E-state index in [1.807, 2.05) is 6.07 Å². The molecule has 1 heterocycles. The van der Waals surface area contributed by atoms with E-state index in [-0.39, 0.29) is 18.4 Å². The Morgan fingerprint density at radius 3 is 2.56 bits per heavy atom. The molecule has 0 aliphatic rings. The van der Waals surface area contributed by atoms with Crippen molar-refractivity contribution in [3.63, 3.8) is 0 Å². The second kappa shape index (κ2) is 6.89. The summed E-state index contributed by atoms with van der Waals surface area (Å²) in [6, 6.07) is 3.57. The number of carbonyl (C=O) groups excluding carboxylic acids is 1. The van der Waals surface area contributed by atoms with E-state index in [1.54, 1.807) is 11.3 Å². The van der Waals surface area contributed by atoms with E-state index in [1.165, 1.54) is 12.0 Å². The van der Waals surface area contributed by atoms with Gasteiger partial charge in [-0.15, -0.1) is 23.7 Å². The van der Waals surface area contributed by atoms with E-state index in [0.29, 0.717) is 12.3 Å². The highest BCUT2D eigenvalue weighted by Crippen LogP contribution is 2.24. The van der Waals surface area contributed by atoms with Gasteiger partial charge in [0.1, 0.15) is 6.04 Å². The van der Waals surface area contributed by atoms with Crippen LogP contribution in [0, 0.1) is 0 Å². The Bertz CT molecular complexity index is 338. The zero-order chi connectivity index (χ0) is 11.4. The maximum absolute atomic E-state index is 11.1. The molecule has 0 saturated heterocycles. The van der Waals surface area contributed by atoms with Crippen molar-refractivity contribution in [2.75, 3.05) is 7.11 Å². The highest BCUT2D eigenvalue weighted by atomic mass is 35.5. The summed E-state index contributed by atoms with van der Waals surface area (Å²) in [5.41, 5.74) is 5.68. The first-order chi connectivity index (χ1) is 7.04. The number of carbonyl (C=O) groups is 1. The summed E-state index contributed by atoms with van der Waals surface area (Å²) in [4.78, 5) is 13.6. The van der Waals surface area contributed by atoms with Crippen LogP contribution in [-0.2, 0) is 16.0 Å². The molecular formula is C11H18ClNO2S. The number of methoxy groups -OCH3 is 1. The molecule has 0 aliphatic heterocycles. The van der Waals surface area contributed by atoms with Gasteiger partial charge < -0.3 is 10.5 Å². The topological polar surface area (TPSA) is 52.3 Å². The molecule has 5 heteroatoms. The lowest BCUT2D eigenvalue weighted by atomic mass is 10.1. The van der Waals surface area contributed by atoms with Gasteiger partial charge in [-0.25, -0.2) is 0 Å². The van der Waals surface area contributed by atoms with E-state index in [0.717, 1.165) is 4.88 Å². The van der Waals surface area contributed by atoms with Gasteiger partial charge in [0.25, 0.3) is 0 Å². The molecule has 0 spiro atoms. The number of halogens is 1. The minimum Gasteiger partial charge on any atom is -0.468 e. The third-order valence-corrected chi connectivity index (χ3v) is 3.58. The SMILES string of the molecule is COC(=O)[C@@H](N)Cc1ccc(C(C)C)s1.Cl. The van der Waals surface area contributed by atoms with Gasteiger partial charge in [0.05, 0.1) is 7.11 Å². The zero-order valence-electron chi connectivity index (χ0n) is 9.73. The predicted molar refractivity (Wildman–Crippen MR) is 69.4 cm³/mol. The van der Waals surface area contributed by atoms with Gasteiger partial charge in [0.15, 0.2) is 0 Å². The molecule has 0 fully saturated rings. The van der Waals surface area contributed by atoms with Crippen LogP contribution in [0.1, 0.15) is 29.5 Å². The van der Waals surface area contributed by atoms with E-state index >= 15 is 0 Å². The lowest BCUT2D eigenvalue weighted by Gasteiger charge is -2.06. The van der Waals surface area contributed by atoms with Crippen molar-refractivity contribution in [2.24, 2.45) is 5.73 Å². The van der Waals surface area contributed by atoms with Crippen LogP contribution in [-0.4, -0.2) is 19.1 Å². The molecule has 92 valence electrons. The maximum Gasteiger partial charge on any atom is 0.323 e. The molecule has 1 atom stereocenters. The molecule has 0 saturated carbocycles. The molecule has 1 rings (SSSR count). The van der Waals surface area contributed by atoms with Crippen molar-refractivity contribution < 1.29 is 9.53 Å². The third-order valence-electron chi connectivity index (χ3n) is 2.18. The Balaban J connectivity index is 0.00000225. The standard InChI is InChI=1S/C11H17NO2S.ClH/c1-7(2)10-5-4-8(15-10)6-9(12)11(13)14-3;/h4-5,7,9H,6,12H2,1-3H3;1H/t9-;/m0./s1. The van der Waals surface area contributed by atoms with Crippen molar-refractivity contribution >= 4 is 29.7 Å². The number of rotatable bonds is 4. The van der Waals surface area contributed by atoms with Crippen molar-refractivity contribution in [1.29, 1.82) is 0 Å². The van der Waals surface area contributed by atoms with Gasteiger partial charge >= 0.3 is 5.97 Å². The first kappa shape index (κ1) is 15.4. The Labute approximate surface area is 106 Å². The van der Waals surface area contributed by atoms with Gasteiger partial charge in [-0.1, -0.05) is 13.8 Å². The monoisotopic (exact) mass is 263 g/mol. The summed E-state index contributed by atoms with van der Waals surface area (Å²) in [5.74, 6) is 0.174. The lowest BCUT2D eigenvalue weighted by Crippen LogP contribution is -2.33. The molecule has 3 nitrogen and oxygen atoms in total. The molecule has 0 radical (unpaired) electrons. The molecule has 2 N–H and O–H groups in total. The number of hydrogen-bond acceptors (Lipinski definition) is 4. The Morgan fingerprint density at radius 2 is 2.12 bits per heavy atom. The van der Waals surface area contributed by atoms with Crippen LogP contribution in [0.5, 0.6) is 0 Å². The van der Waals surface area contributed by atoms with Crippen LogP contribution < -0.4 is 5.73 Å². The minimum absolute atomic E-state index is 0. The fraction of sp³-hybridized carbons (Fsp3) is 0.545. The maximum atomic E-state index is 11.1. The van der Waals surface area contributed by atoms with E-state index < -0.39 is 6.04 Å². The second-order valence-corrected chi connectivity index (χ2v) is 4.99. The number of esters is 1. The Kier molecular flexibility index (Phi) is 6.64. The highest BCUT2D eigenvalue weighted by Gasteiger charge is 2.15. The first-order valence-electron chi connectivity index (χ1n) is 4.96. The van der Waals surface area contributed by atoms with Crippen molar-refractivity contribution in [1.82, 2.24) is 0 Å². The van der Waals surface area contributed by atoms with E-state index in [2.05, 4.69) is 24.7 Å². The third kappa shape index (κ3) is 4.12. The summed E-state index contributed by atoms with van der Waals surface area (Å²) >= 11 is 1.71. The quantitative estimate of drug-likeness (QED) is 0.849. The van der Waals surface area contributed by atoms with Crippen molar-refractivity contribution in [3.05, 3.63) is 21.9 Å².